The van der Waals surface area contributed by atoms with E-state index in [4.69, 9.17) is 9.84 Å². The van der Waals surface area contributed by atoms with Crippen LogP contribution in [0.4, 0.5) is 5.82 Å². The van der Waals surface area contributed by atoms with Gasteiger partial charge in [0.05, 0.1) is 6.61 Å². The van der Waals surface area contributed by atoms with E-state index in [2.05, 4.69) is 27.0 Å². The molecule has 0 aromatic carbocycles. The highest BCUT2D eigenvalue weighted by Crippen LogP contribution is 2.39. The fourth-order valence-corrected chi connectivity index (χ4v) is 4.04. The lowest BCUT2D eigenvalue weighted by Gasteiger charge is -2.47. The molecule has 1 atom stereocenters. The summed E-state index contributed by atoms with van der Waals surface area (Å²) in [7, 11) is 2.09. The smallest absolute Gasteiger partial charge is 0.178 e. The molecule has 0 amide bonds. The molecule has 1 aliphatic carbocycles. The summed E-state index contributed by atoms with van der Waals surface area (Å²) in [6.45, 7) is 3.72. The summed E-state index contributed by atoms with van der Waals surface area (Å²) in [6.07, 6.45) is 4.14. The van der Waals surface area contributed by atoms with Crippen LogP contribution in [0.3, 0.4) is 0 Å². The van der Waals surface area contributed by atoms with Crippen molar-refractivity contribution in [2.45, 2.75) is 43.2 Å². The number of likely N-dealkylation sites (N-methyl/N-ethyl adjacent to an activating group) is 1. The van der Waals surface area contributed by atoms with E-state index in [0.717, 1.165) is 49.8 Å². The fourth-order valence-electron chi connectivity index (χ4n) is 4.04. The zero-order valence-corrected chi connectivity index (χ0v) is 15.2. The van der Waals surface area contributed by atoms with Gasteiger partial charge < -0.3 is 14.7 Å². The lowest BCUT2D eigenvalue weighted by atomic mass is 9.95. The Balaban J connectivity index is 1.23. The first-order chi connectivity index (χ1) is 12.6. The van der Waals surface area contributed by atoms with Gasteiger partial charge in [-0.15, -0.1) is 15.3 Å². The number of aliphatic hydroxyl groups is 1. The first-order valence-electron chi connectivity index (χ1n) is 9.59. The number of hydrogen-bond acceptors (Lipinski definition) is 7. The summed E-state index contributed by atoms with van der Waals surface area (Å²) >= 11 is 0. The normalized spacial score (nSPS) is 27.3. The van der Waals surface area contributed by atoms with Crippen LogP contribution in [0.1, 0.15) is 37.4 Å². The van der Waals surface area contributed by atoms with Crippen molar-refractivity contribution in [2.24, 2.45) is 0 Å². The van der Waals surface area contributed by atoms with E-state index in [1.54, 1.807) is 0 Å². The molecule has 2 aromatic rings. The Kier molecular flexibility index (Phi) is 3.88. The minimum absolute atomic E-state index is 0.433. The third-order valence-electron chi connectivity index (χ3n) is 5.87. The van der Waals surface area contributed by atoms with Gasteiger partial charge in [0, 0.05) is 38.2 Å². The Morgan fingerprint density at radius 1 is 1.31 bits per heavy atom. The van der Waals surface area contributed by atoms with Crippen molar-refractivity contribution in [1.29, 1.82) is 0 Å². The van der Waals surface area contributed by atoms with Crippen molar-refractivity contribution in [2.75, 3.05) is 44.8 Å². The molecule has 26 heavy (non-hydrogen) atoms. The average Bonchev–Trinajstić information content (AvgIpc) is 3.33. The Hall–Kier alpha value is -1.77. The van der Waals surface area contributed by atoms with Crippen LogP contribution in [0, 0.1) is 0 Å². The molecule has 1 N–H and O–H groups in total. The summed E-state index contributed by atoms with van der Waals surface area (Å²) in [5.74, 6) is 2.50. The fraction of sp³-hybridized carbons (Fsp3) is 0.722. The lowest BCUT2D eigenvalue weighted by molar-refractivity contribution is -0.102. The van der Waals surface area contributed by atoms with E-state index in [1.807, 2.05) is 16.6 Å². The molecule has 8 nitrogen and oxygen atoms in total. The Bertz CT molecular complexity index is 792. The number of anilines is 1. The van der Waals surface area contributed by atoms with E-state index in [0.29, 0.717) is 25.1 Å². The number of ether oxygens (including phenoxy) is 1. The zero-order valence-electron chi connectivity index (χ0n) is 15.2. The van der Waals surface area contributed by atoms with Gasteiger partial charge in [0.15, 0.2) is 11.5 Å². The van der Waals surface area contributed by atoms with Gasteiger partial charge in [-0.1, -0.05) is 0 Å². The van der Waals surface area contributed by atoms with Crippen LogP contribution in [-0.2, 0) is 4.74 Å². The first kappa shape index (κ1) is 16.4. The summed E-state index contributed by atoms with van der Waals surface area (Å²) in [5.41, 5.74) is 0.121. The van der Waals surface area contributed by atoms with Gasteiger partial charge in [-0.25, -0.2) is 0 Å². The Morgan fingerprint density at radius 3 is 2.88 bits per heavy atom. The third kappa shape index (κ3) is 2.95. The summed E-state index contributed by atoms with van der Waals surface area (Å²) < 4.78 is 7.37. The van der Waals surface area contributed by atoms with Crippen molar-refractivity contribution >= 4 is 11.5 Å². The van der Waals surface area contributed by atoms with Crippen LogP contribution in [0.5, 0.6) is 0 Å². The highest BCUT2D eigenvalue weighted by atomic mass is 16.5. The first-order valence-corrected chi connectivity index (χ1v) is 9.59. The monoisotopic (exact) mass is 358 g/mol. The largest absolute Gasteiger partial charge is 0.386 e. The maximum absolute atomic E-state index is 10.7. The van der Waals surface area contributed by atoms with Gasteiger partial charge in [0.1, 0.15) is 11.4 Å². The standard InChI is InChI=1S/C18H26N6O2/c1-22(11-18(25)7-2-8-26-12-18)14-9-23(10-14)16-6-5-15-19-20-17(13-3-4-13)24(15)21-16/h5-6,13-14,25H,2-4,7-12H2,1H3. The molecule has 140 valence electrons. The van der Waals surface area contributed by atoms with Gasteiger partial charge >= 0.3 is 0 Å². The van der Waals surface area contributed by atoms with Crippen LogP contribution in [0.2, 0.25) is 0 Å². The predicted octanol–water partition coefficient (Wildman–Crippen LogP) is 0.664. The van der Waals surface area contributed by atoms with E-state index in [1.165, 1.54) is 12.8 Å². The quantitative estimate of drug-likeness (QED) is 0.841. The second-order valence-electron chi connectivity index (χ2n) is 8.15. The number of nitrogens with zero attached hydrogens (tertiary/aromatic N) is 6. The Morgan fingerprint density at radius 2 is 2.15 bits per heavy atom. The maximum atomic E-state index is 10.7. The number of hydrogen-bond donors (Lipinski definition) is 1. The minimum atomic E-state index is -0.702. The van der Waals surface area contributed by atoms with Crippen LogP contribution in [0.15, 0.2) is 12.1 Å². The summed E-state index contributed by atoms with van der Waals surface area (Å²) in [6, 6.07) is 4.46. The third-order valence-corrected chi connectivity index (χ3v) is 5.87. The number of aromatic nitrogens is 4. The summed E-state index contributed by atoms with van der Waals surface area (Å²) in [5, 5.41) is 24.0. The summed E-state index contributed by atoms with van der Waals surface area (Å²) in [4.78, 5) is 4.54. The highest BCUT2D eigenvalue weighted by molar-refractivity contribution is 5.48. The highest BCUT2D eigenvalue weighted by Gasteiger charge is 2.37. The van der Waals surface area contributed by atoms with E-state index < -0.39 is 5.60 Å². The van der Waals surface area contributed by atoms with Crippen LogP contribution >= 0.6 is 0 Å². The maximum Gasteiger partial charge on any atom is 0.178 e. The minimum Gasteiger partial charge on any atom is -0.386 e. The lowest BCUT2D eigenvalue weighted by Crippen LogP contribution is -2.62. The molecule has 2 aromatic heterocycles. The SMILES string of the molecule is CN(CC1(O)CCCOC1)C1CN(c2ccc3nnc(C4CC4)n3n2)C1. The topological polar surface area (TPSA) is 79.0 Å². The molecular weight excluding hydrogens is 332 g/mol. The number of fused-ring (bicyclic) bond motifs is 1. The molecule has 0 radical (unpaired) electrons. The van der Waals surface area contributed by atoms with Gasteiger partial charge in [-0.2, -0.15) is 4.52 Å². The van der Waals surface area contributed by atoms with E-state index in [9.17, 15) is 5.11 Å². The molecule has 0 bridgehead atoms. The molecule has 8 heteroatoms. The zero-order chi connectivity index (χ0) is 17.7. The van der Waals surface area contributed by atoms with Crippen LogP contribution < -0.4 is 4.90 Å². The molecule has 1 saturated carbocycles. The predicted molar refractivity (Wildman–Crippen MR) is 96.4 cm³/mol. The van der Waals surface area contributed by atoms with Gasteiger partial charge in [-0.05, 0) is 44.9 Å². The van der Waals surface area contributed by atoms with Crippen LogP contribution in [-0.4, -0.2) is 81.4 Å². The molecule has 3 fully saturated rings. The number of rotatable bonds is 5. The van der Waals surface area contributed by atoms with Crippen LogP contribution in [0.25, 0.3) is 5.65 Å². The Labute approximate surface area is 152 Å². The van der Waals surface area contributed by atoms with Crippen molar-refractivity contribution in [3.8, 4) is 0 Å². The molecule has 4 heterocycles. The van der Waals surface area contributed by atoms with Crippen molar-refractivity contribution in [3.05, 3.63) is 18.0 Å². The second-order valence-corrected chi connectivity index (χ2v) is 8.15. The molecule has 5 rings (SSSR count). The van der Waals surface area contributed by atoms with Crippen molar-refractivity contribution in [1.82, 2.24) is 24.7 Å². The molecular formula is C18H26N6O2. The van der Waals surface area contributed by atoms with Crippen molar-refractivity contribution in [3.63, 3.8) is 0 Å². The van der Waals surface area contributed by atoms with Gasteiger partial charge in [0.25, 0.3) is 0 Å². The molecule has 2 aliphatic heterocycles. The molecule has 1 unspecified atom stereocenters. The molecule has 2 saturated heterocycles. The van der Waals surface area contributed by atoms with Gasteiger partial charge in [0.2, 0.25) is 0 Å². The molecule has 3 aliphatic rings. The average molecular weight is 358 g/mol. The van der Waals surface area contributed by atoms with E-state index in [-0.39, 0.29) is 0 Å². The van der Waals surface area contributed by atoms with E-state index >= 15 is 0 Å². The van der Waals surface area contributed by atoms with Gasteiger partial charge in [-0.3, -0.25) is 4.90 Å². The second kappa shape index (κ2) is 6.14. The van der Waals surface area contributed by atoms with Crippen molar-refractivity contribution < 1.29 is 9.84 Å². The molecule has 0 spiro atoms.